The standard InChI is InChI=1S/C15H15N3O2S/c1-9(19)12-6-4-11(8-16-12)21-15-17-13-5-3-10(20-2)7-14(13)18-15/h3-9,19H,1-2H3,(H,17,18)/t9-/m0/s1. The smallest absolute Gasteiger partial charge is 0.171 e. The Balaban J connectivity index is 1.84. The second-order valence-corrected chi connectivity index (χ2v) is 5.68. The fourth-order valence-corrected chi connectivity index (χ4v) is 2.72. The van der Waals surface area contributed by atoms with Crippen molar-refractivity contribution in [3.05, 3.63) is 42.2 Å². The van der Waals surface area contributed by atoms with Crippen molar-refractivity contribution in [3.63, 3.8) is 0 Å². The summed E-state index contributed by atoms with van der Waals surface area (Å²) in [5.74, 6) is 0.797. The zero-order valence-corrected chi connectivity index (χ0v) is 12.5. The summed E-state index contributed by atoms with van der Waals surface area (Å²) in [4.78, 5) is 13.0. The maximum Gasteiger partial charge on any atom is 0.171 e. The lowest BCUT2D eigenvalue weighted by Crippen LogP contribution is -1.94. The van der Waals surface area contributed by atoms with Gasteiger partial charge in [-0.25, -0.2) is 4.98 Å². The average Bonchev–Trinajstić information content (AvgIpc) is 2.88. The number of benzene rings is 1. The molecule has 0 aliphatic heterocycles. The number of imidazole rings is 1. The van der Waals surface area contributed by atoms with Gasteiger partial charge in [0.25, 0.3) is 0 Å². The van der Waals surface area contributed by atoms with E-state index < -0.39 is 6.10 Å². The predicted octanol–water partition coefficient (Wildman–Crippen LogP) is 3.17. The van der Waals surface area contributed by atoms with Gasteiger partial charge >= 0.3 is 0 Å². The number of aliphatic hydroxyl groups excluding tert-OH is 1. The van der Waals surface area contributed by atoms with Crippen LogP contribution in [0.3, 0.4) is 0 Å². The molecule has 2 N–H and O–H groups in total. The number of H-pyrrole nitrogens is 1. The lowest BCUT2D eigenvalue weighted by molar-refractivity contribution is 0.194. The van der Waals surface area contributed by atoms with Gasteiger partial charge in [0.1, 0.15) is 5.75 Å². The summed E-state index contributed by atoms with van der Waals surface area (Å²) in [5, 5.41) is 10.2. The average molecular weight is 301 g/mol. The van der Waals surface area contributed by atoms with Gasteiger partial charge in [-0.05, 0) is 31.2 Å². The second-order valence-electron chi connectivity index (χ2n) is 4.62. The Hall–Kier alpha value is -2.05. The predicted molar refractivity (Wildman–Crippen MR) is 81.6 cm³/mol. The lowest BCUT2D eigenvalue weighted by atomic mass is 10.2. The summed E-state index contributed by atoms with van der Waals surface area (Å²) < 4.78 is 5.20. The summed E-state index contributed by atoms with van der Waals surface area (Å²) >= 11 is 1.50. The van der Waals surface area contributed by atoms with E-state index in [-0.39, 0.29) is 0 Å². The van der Waals surface area contributed by atoms with E-state index in [9.17, 15) is 5.11 Å². The first kappa shape index (κ1) is 13.9. The molecular weight excluding hydrogens is 286 g/mol. The van der Waals surface area contributed by atoms with Crippen LogP contribution in [0.1, 0.15) is 18.7 Å². The molecule has 0 spiro atoms. The van der Waals surface area contributed by atoms with Gasteiger partial charge in [0.15, 0.2) is 5.16 Å². The maximum atomic E-state index is 9.45. The number of nitrogens with zero attached hydrogens (tertiary/aromatic N) is 2. The second kappa shape index (κ2) is 5.75. The molecule has 0 aliphatic rings. The van der Waals surface area contributed by atoms with Crippen LogP contribution >= 0.6 is 11.8 Å². The van der Waals surface area contributed by atoms with Crippen LogP contribution < -0.4 is 4.74 Å². The third kappa shape index (κ3) is 3.01. The number of nitrogens with one attached hydrogen (secondary N) is 1. The van der Waals surface area contributed by atoms with Gasteiger partial charge in [-0.2, -0.15) is 0 Å². The molecule has 0 amide bonds. The molecule has 2 aromatic heterocycles. The Labute approximate surface area is 126 Å². The van der Waals surface area contributed by atoms with Crippen molar-refractivity contribution in [2.45, 2.75) is 23.1 Å². The van der Waals surface area contributed by atoms with Crippen molar-refractivity contribution in [1.29, 1.82) is 0 Å². The monoisotopic (exact) mass is 301 g/mol. The van der Waals surface area contributed by atoms with E-state index in [1.54, 1.807) is 20.2 Å². The molecule has 0 unspecified atom stereocenters. The Bertz CT molecular complexity index is 753. The van der Waals surface area contributed by atoms with Crippen molar-refractivity contribution in [2.24, 2.45) is 0 Å². The topological polar surface area (TPSA) is 71.0 Å². The number of rotatable bonds is 4. The number of ether oxygens (including phenoxy) is 1. The van der Waals surface area contributed by atoms with Gasteiger partial charge in [-0.3, -0.25) is 4.98 Å². The summed E-state index contributed by atoms with van der Waals surface area (Å²) in [7, 11) is 1.64. The Kier molecular flexibility index (Phi) is 3.81. The van der Waals surface area contributed by atoms with Gasteiger partial charge in [0, 0.05) is 17.2 Å². The summed E-state index contributed by atoms with van der Waals surface area (Å²) in [6.07, 6.45) is 1.18. The number of aromatic nitrogens is 3. The largest absolute Gasteiger partial charge is 0.497 e. The molecule has 0 fully saturated rings. The molecule has 0 saturated heterocycles. The summed E-state index contributed by atoms with van der Waals surface area (Å²) in [6, 6.07) is 9.47. The Morgan fingerprint density at radius 1 is 1.29 bits per heavy atom. The molecule has 108 valence electrons. The molecule has 0 bridgehead atoms. The molecule has 0 saturated carbocycles. The minimum atomic E-state index is -0.553. The van der Waals surface area contributed by atoms with E-state index in [0.717, 1.165) is 26.8 Å². The molecular formula is C15H15N3O2S. The van der Waals surface area contributed by atoms with E-state index in [1.165, 1.54) is 11.8 Å². The Morgan fingerprint density at radius 2 is 2.14 bits per heavy atom. The van der Waals surface area contributed by atoms with Gasteiger partial charge < -0.3 is 14.8 Å². The molecule has 5 nitrogen and oxygen atoms in total. The van der Waals surface area contributed by atoms with E-state index in [1.807, 2.05) is 30.3 Å². The SMILES string of the molecule is COc1ccc2nc(Sc3ccc([C@H](C)O)nc3)[nH]c2c1. The number of hydrogen-bond donors (Lipinski definition) is 2. The van der Waals surface area contributed by atoms with E-state index in [4.69, 9.17) is 4.74 Å². The van der Waals surface area contributed by atoms with E-state index in [2.05, 4.69) is 15.0 Å². The molecule has 0 aliphatic carbocycles. The third-order valence-electron chi connectivity index (χ3n) is 3.07. The number of hydrogen-bond acceptors (Lipinski definition) is 5. The molecule has 1 atom stereocenters. The van der Waals surface area contributed by atoms with E-state index >= 15 is 0 Å². The van der Waals surface area contributed by atoms with Crippen LogP contribution in [0.5, 0.6) is 5.75 Å². The lowest BCUT2D eigenvalue weighted by Gasteiger charge is -2.03. The summed E-state index contributed by atoms with van der Waals surface area (Å²) in [6.45, 7) is 1.70. The van der Waals surface area contributed by atoms with Gasteiger partial charge in [-0.15, -0.1) is 0 Å². The van der Waals surface area contributed by atoms with Crippen LogP contribution in [0.4, 0.5) is 0 Å². The highest BCUT2D eigenvalue weighted by Gasteiger charge is 2.07. The molecule has 3 rings (SSSR count). The van der Waals surface area contributed by atoms with Crippen molar-refractivity contribution < 1.29 is 9.84 Å². The van der Waals surface area contributed by atoms with Crippen LogP contribution in [0.15, 0.2) is 46.6 Å². The maximum absolute atomic E-state index is 9.45. The van der Waals surface area contributed by atoms with Crippen molar-refractivity contribution in [2.75, 3.05) is 7.11 Å². The third-order valence-corrected chi connectivity index (χ3v) is 3.93. The van der Waals surface area contributed by atoms with Gasteiger partial charge in [0.05, 0.1) is 29.9 Å². The van der Waals surface area contributed by atoms with Crippen molar-refractivity contribution >= 4 is 22.8 Å². The zero-order chi connectivity index (χ0) is 14.8. The Morgan fingerprint density at radius 3 is 2.81 bits per heavy atom. The first-order valence-corrected chi connectivity index (χ1v) is 7.33. The first-order chi connectivity index (χ1) is 10.2. The van der Waals surface area contributed by atoms with Crippen LogP contribution in [0.25, 0.3) is 11.0 Å². The minimum Gasteiger partial charge on any atom is -0.497 e. The van der Waals surface area contributed by atoms with Gasteiger partial charge in [-0.1, -0.05) is 11.8 Å². The molecule has 6 heteroatoms. The number of aromatic amines is 1. The highest BCUT2D eigenvalue weighted by atomic mass is 32.2. The number of pyridine rings is 1. The number of fused-ring (bicyclic) bond motifs is 1. The quantitative estimate of drug-likeness (QED) is 0.774. The minimum absolute atomic E-state index is 0.553. The molecule has 0 radical (unpaired) electrons. The first-order valence-electron chi connectivity index (χ1n) is 6.51. The van der Waals surface area contributed by atoms with Crippen LogP contribution in [0.2, 0.25) is 0 Å². The molecule has 21 heavy (non-hydrogen) atoms. The van der Waals surface area contributed by atoms with Crippen LogP contribution in [-0.2, 0) is 0 Å². The number of aliphatic hydroxyl groups is 1. The fraction of sp³-hybridized carbons (Fsp3) is 0.200. The summed E-state index contributed by atoms with van der Waals surface area (Å²) in [5.41, 5.74) is 2.49. The van der Waals surface area contributed by atoms with Crippen LogP contribution in [-0.4, -0.2) is 27.2 Å². The van der Waals surface area contributed by atoms with Crippen molar-refractivity contribution in [1.82, 2.24) is 15.0 Å². The zero-order valence-electron chi connectivity index (χ0n) is 11.7. The van der Waals surface area contributed by atoms with Crippen molar-refractivity contribution in [3.8, 4) is 5.75 Å². The molecule has 3 aromatic rings. The fourth-order valence-electron chi connectivity index (χ4n) is 1.95. The molecule has 1 aromatic carbocycles. The van der Waals surface area contributed by atoms with E-state index in [0.29, 0.717) is 5.69 Å². The van der Waals surface area contributed by atoms with Crippen LogP contribution in [0, 0.1) is 0 Å². The number of methoxy groups -OCH3 is 1. The highest BCUT2D eigenvalue weighted by molar-refractivity contribution is 7.99. The molecule has 2 heterocycles. The normalized spacial score (nSPS) is 12.5. The van der Waals surface area contributed by atoms with Gasteiger partial charge in [0.2, 0.25) is 0 Å². The highest BCUT2D eigenvalue weighted by Crippen LogP contribution is 2.28.